The first-order valence-electron chi connectivity index (χ1n) is 6.34. The second-order valence-corrected chi connectivity index (χ2v) is 5.42. The summed E-state index contributed by atoms with van der Waals surface area (Å²) >= 11 is 1.73. The zero-order valence-electron chi connectivity index (χ0n) is 10.4. The zero-order chi connectivity index (χ0) is 12.1. The Labute approximate surface area is 108 Å². The molecule has 0 amide bonds. The summed E-state index contributed by atoms with van der Waals surface area (Å²) in [6, 6.07) is 6.18. The van der Waals surface area contributed by atoms with Crippen LogP contribution in [-0.2, 0) is 6.54 Å². The van der Waals surface area contributed by atoms with Gasteiger partial charge in [-0.3, -0.25) is 0 Å². The maximum absolute atomic E-state index is 5.88. The molecule has 0 spiro atoms. The molecule has 0 aliphatic heterocycles. The van der Waals surface area contributed by atoms with Crippen molar-refractivity contribution >= 4 is 11.8 Å². The molecule has 2 nitrogen and oxygen atoms in total. The van der Waals surface area contributed by atoms with Crippen molar-refractivity contribution in [3.63, 3.8) is 0 Å². The first kappa shape index (κ1) is 12.8. The van der Waals surface area contributed by atoms with E-state index in [-0.39, 0.29) is 0 Å². The van der Waals surface area contributed by atoms with Gasteiger partial charge >= 0.3 is 0 Å². The van der Waals surface area contributed by atoms with Gasteiger partial charge in [0.2, 0.25) is 0 Å². The minimum Gasteiger partial charge on any atom is -0.493 e. The van der Waals surface area contributed by atoms with E-state index in [1.807, 2.05) is 12.1 Å². The van der Waals surface area contributed by atoms with Crippen LogP contribution in [0.2, 0.25) is 0 Å². The predicted octanol–water partition coefficient (Wildman–Crippen LogP) is 3.44. The lowest BCUT2D eigenvalue weighted by Crippen LogP contribution is -2.15. The standard InChI is InChI=1S/C14H21NOS/c1-17-14-7-3-6-13(12(14)10-15)16-9-8-11-4-2-5-11/h3,6-7,11H,2,4-5,8-10,15H2,1H3. The Bertz CT molecular complexity index is 363. The smallest absolute Gasteiger partial charge is 0.124 e. The van der Waals surface area contributed by atoms with Gasteiger partial charge in [0.1, 0.15) is 5.75 Å². The van der Waals surface area contributed by atoms with Crippen molar-refractivity contribution in [2.24, 2.45) is 11.7 Å². The Balaban J connectivity index is 1.93. The molecule has 94 valence electrons. The summed E-state index contributed by atoms with van der Waals surface area (Å²) in [5, 5.41) is 0. The van der Waals surface area contributed by atoms with Crippen molar-refractivity contribution in [1.82, 2.24) is 0 Å². The molecule has 17 heavy (non-hydrogen) atoms. The van der Waals surface area contributed by atoms with Gasteiger partial charge in [-0.15, -0.1) is 11.8 Å². The summed E-state index contributed by atoms with van der Waals surface area (Å²) in [4.78, 5) is 1.23. The molecule has 0 unspecified atom stereocenters. The van der Waals surface area contributed by atoms with Gasteiger partial charge < -0.3 is 10.5 Å². The molecular weight excluding hydrogens is 230 g/mol. The molecule has 0 bridgehead atoms. The van der Waals surface area contributed by atoms with Gasteiger partial charge in [-0.05, 0) is 30.7 Å². The maximum atomic E-state index is 5.88. The van der Waals surface area contributed by atoms with Crippen molar-refractivity contribution in [1.29, 1.82) is 0 Å². The third kappa shape index (κ3) is 3.17. The Morgan fingerprint density at radius 3 is 2.82 bits per heavy atom. The molecule has 0 saturated heterocycles. The number of hydrogen-bond donors (Lipinski definition) is 1. The third-order valence-electron chi connectivity index (χ3n) is 3.52. The Hall–Kier alpha value is -0.670. The van der Waals surface area contributed by atoms with Crippen LogP contribution in [0.25, 0.3) is 0 Å². The van der Waals surface area contributed by atoms with Crippen molar-refractivity contribution in [3.8, 4) is 5.75 Å². The number of rotatable bonds is 6. The second kappa shape index (κ2) is 6.31. The van der Waals surface area contributed by atoms with Gasteiger partial charge in [0.15, 0.2) is 0 Å². The largest absolute Gasteiger partial charge is 0.493 e. The van der Waals surface area contributed by atoms with Crippen molar-refractivity contribution in [2.75, 3.05) is 12.9 Å². The van der Waals surface area contributed by atoms with Crippen LogP contribution in [0.3, 0.4) is 0 Å². The molecule has 2 rings (SSSR count). The van der Waals surface area contributed by atoms with E-state index in [4.69, 9.17) is 10.5 Å². The molecule has 1 aromatic carbocycles. The van der Waals surface area contributed by atoms with Crippen LogP contribution < -0.4 is 10.5 Å². The SMILES string of the molecule is CSc1cccc(OCCC2CCC2)c1CN. The number of ether oxygens (including phenoxy) is 1. The second-order valence-electron chi connectivity index (χ2n) is 4.58. The Kier molecular flexibility index (Phi) is 4.75. The number of hydrogen-bond acceptors (Lipinski definition) is 3. The Morgan fingerprint density at radius 2 is 2.24 bits per heavy atom. The highest BCUT2D eigenvalue weighted by molar-refractivity contribution is 7.98. The van der Waals surface area contributed by atoms with E-state index in [0.29, 0.717) is 6.54 Å². The molecule has 2 N–H and O–H groups in total. The van der Waals surface area contributed by atoms with E-state index in [2.05, 4.69) is 12.3 Å². The lowest BCUT2D eigenvalue weighted by molar-refractivity contribution is 0.220. The first-order valence-corrected chi connectivity index (χ1v) is 7.56. The third-order valence-corrected chi connectivity index (χ3v) is 4.34. The topological polar surface area (TPSA) is 35.2 Å². The number of thioether (sulfide) groups is 1. The average Bonchev–Trinajstić information content (AvgIpc) is 2.31. The zero-order valence-corrected chi connectivity index (χ0v) is 11.3. The molecule has 3 heteroatoms. The Morgan fingerprint density at radius 1 is 1.41 bits per heavy atom. The molecule has 1 aromatic rings. The highest BCUT2D eigenvalue weighted by Crippen LogP contribution is 2.31. The van der Waals surface area contributed by atoms with Gasteiger partial charge in [-0.1, -0.05) is 25.3 Å². The van der Waals surface area contributed by atoms with Crippen molar-refractivity contribution in [3.05, 3.63) is 23.8 Å². The molecule has 0 aromatic heterocycles. The van der Waals surface area contributed by atoms with Crippen LogP contribution in [0, 0.1) is 5.92 Å². The quantitative estimate of drug-likeness (QED) is 0.787. The van der Waals surface area contributed by atoms with Crippen LogP contribution >= 0.6 is 11.8 Å². The molecule has 0 atom stereocenters. The van der Waals surface area contributed by atoms with Gasteiger partial charge in [-0.2, -0.15) is 0 Å². The molecule has 1 aliphatic rings. The van der Waals surface area contributed by atoms with Gasteiger partial charge in [0.05, 0.1) is 6.61 Å². The summed E-state index contributed by atoms with van der Waals surface area (Å²) in [5.74, 6) is 1.87. The van der Waals surface area contributed by atoms with Crippen LogP contribution in [0.4, 0.5) is 0 Å². The van der Waals surface area contributed by atoms with E-state index >= 15 is 0 Å². The highest BCUT2D eigenvalue weighted by Gasteiger charge is 2.17. The lowest BCUT2D eigenvalue weighted by Gasteiger charge is -2.25. The molecule has 0 radical (unpaired) electrons. The fourth-order valence-corrected chi connectivity index (χ4v) is 2.84. The fourth-order valence-electron chi connectivity index (χ4n) is 2.19. The van der Waals surface area contributed by atoms with Crippen LogP contribution in [0.5, 0.6) is 5.75 Å². The van der Waals surface area contributed by atoms with Gasteiger partial charge in [0, 0.05) is 17.0 Å². The van der Waals surface area contributed by atoms with Gasteiger partial charge in [-0.25, -0.2) is 0 Å². The van der Waals surface area contributed by atoms with E-state index in [1.165, 1.54) is 30.6 Å². The van der Waals surface area contributed by atoms with Gasteiger partial charge in [0.25, 0.3) is 0 Å². The fraction of sp³-hybridized carbons (Fsp3) is 0.571. The molecule has 0 heterocycles. The summed E-state index contributed by atoms with van der Waals surface area (Å²) in [7, 11) is 0. The molecule has 1 saturated carbocycles. The molecule has 1 aliphatic carbocycles. The highest BCUT2D eigenvalue weighted by atomic mass is 32.2. The summed E-state index contributed by atoms with van der Waals surface area (Å²) in [5.41, 5.74) is 6.95. The van der Waals surface area contributed by atoms with Crippen LogP contribution in [-0.4, -0.2) is 12.9 Å². The first-order chi connectivity index (χ1) is 8.35. The summed E-state index contributed by atoms with van der Waals surface area (Å²) in [6.45, 7) is 1.38. The van der Waals surface area contributed by atoms with Crippen molar-refractivity contribution in [2.45, 2.75) is 37.1 Å². The molecule has 1 fully saturated rings. The predicted molar refractivity (Wildman–Crippen MR) is 73.6 cm³/mol. The monoisotopic (exact) mass is 251 g/mol. The van der Waals surface area contributed by atoms with E-state index in [1.54, 1.807) is 11.8 Å². The minimum atomic E-state index is 0.551. The lowest BCUT2D eigenvalue weighted by atomic mass is 9.83. The normalized spacial score (nSPS) is 15.6. The van der Waals surface area contributed by atoms with Crippen LogP contribution in [0.1, 0.15) is 31.2 Å². The number of benzene rings is 1. The summed E-state index contributed by atoms with van der Waals surface area (Å²) in [6.07, 6.45) is 7.44. The van der Waals surface area contributed by atoms with E-state index in [0.717, 1.165) is 23.8 Å². The van der Waals surface area contributed by atoms with Crippen LogP contribution in [0.15, 0.2) is 23.1 Å². The van der Waals surface area contributed by atoms with E-state index in [9.17, 15) is 0 Å². The molecular formula is C14H21NOS. The maximum Gasteiger partial charge on any atom is 0.124 e. The van der Waals surface area contributed by atoms with E-state index < -0.39 is 0 Å². The summed E-state index contributed by atoms with van der Waals surface area (Å²) < 4.78 is 5.88. The minimum absolute atomic E-state index is 0.551. The average molecular weight is 251 g/mol. The van der Waals surface area contributed by atoms with Crippen molar-refractivity contribution < 1.29 is 4.74 Å². The number of nitrogens with two attached hydrogens (primary N) is 1.